The van der Waals surface area contributed by atoms with Crippen molar-refractivity contribution in [2.24, 2.45) is 11.8 Å². The van der Waals surface area contributed by atoms with Gasteiger partial charge in [-0.2, -0.15) is 0 Å². The highest BCUT2D eigenvalue weighted by Gasteiger charge is 2.31. The predicted octanol–water partition coefficient (Wildman–Crippen LogP) is 5.04. The highest BCUT2D eigenvalue weighted by molar-refractivity contribution is 5.99. The number of fused-ring (bicyclic) bond motifs is 1. The van der Waals surface area contributed by atoms with Gasteiger partial charge in [0.05, 0.1) is 18.4 Å². The Balaban J connectivity index is 1.37. The molecule has 5 rings (SSSR count). The van der Waals surface area contributed by atoms with Gasteiger partial charge in [-0.1, -0.05) is 103 Å². The van der Waals surface area contributed by atoms with Gasteiger partial charge in [0.1, 0.15) is 12.6 Å². The van der Waals surface area contributed by atoms with Crippen molar-refractivity contribution in [2.45, 2.75) is 38.3 Å². The van der Waals surface area contributed by atoms with E-state index in [1.54, 1.807) is 6.07 Å². The quantitative estimate of drug-likeness (QED) is 0.164. The number of amides is 3. The number of anilines is 1. The summed E-state index contributed by atoms with van der Waals surface area (Å²) in [4.78, 5) is 55.8. The van der Waals surface area contributed by atoms with Gasteiger partial charge in [-0.25, -0.2) is 0 Å². The normalized spacial score (nSPS) is 18.6. The van der Waals surface area contributed by atoms with Crippen LogP contribution in [0, 0.1) is 11.8 Å². The summed E-state index contributed by atoms with van der Waals surface area (Å²) in [6.45, 7) is -0.186. The molecule has 1 aliphatic rings. The van der Waals surface area contributed by atoms with Crippen LogP contribution in [0.3, 0.4) is 0 Å². The van der Waals surface area contributed by atoms with Gasteiger partial charge in [0.15, 0.2) is 0 Å². The summed E-state index contributed by atoms with van der Waals surface area (Å²) in [7, 11) is 0. The lowest BCUT2D eigenvalue weighted by Gasteiger charge is -2.26. The van der Waals surface area contributed by atoms with Crippen molar-refractivity contribution in [3.63, 3.8) is 0 Å². The molecule has 0 bridgehead atoms. The van der Waals surface area contributed by atoms with E-state index < -0.39 is 35.7 Å². The number of nitrogens with one attached hydrogen (secondary N) is 2. The standard InChI is InChI=1S/C39H41N3O6/c43-22-21-42(26-29-13-5-2-6-14-29)36(44)25-32-17-9-10-18-33(23-28-11-3-1-4-12-28)39(47)48-27-35(41-37(32)45)38(46)40-34-20-19-30-15-7-8-16-31(30)24-34/h1-16,19-20,24,32-33,35,43H,17-18,21-23,25-27H2,(H,40,46)(H,41,45). The monoisotopic (exact) mass is 647 g/mol. The molecule has 0 fully saturated rings. The zero-order valence-electron chi connectivity index (χ0n) is 26.8. The Hall–Kier alpha value is -5.28. The second-order valence-corrected chi connectivity index (χ2v) is 12.0. The molecule has 248 valence electrons. The van der Waals surface area contributed by atoms with E-state index in [2.05, 4.69) is 10.6 Å². The average molecular weight is 648 g/mol. The third kappa shape index (κ3) is 9.62. The Bertz CT molecular complexity index is 1730. The summed E-state index contributed by atoms with van der Waals surface area (Å²) in [5.74, 6) is -3.12. The Morgan fingerprint density at radius 2 is 1.46 bits per heavy atom. The molecule has 9 nitrogen and oxygen atoms in total. The summed E-state index contributed by atoms with van der Waals surface area (Å²) < 4.78 is 5.69. The van der Waals surface area contributed by atoms with E-state index in [9.17, 15) is 24.3 Å². The number of carbonyl (C=O) groups is 4. The average Bonchev–Trinajstić information content (AvgIpc) is 3.10. The maximum atomic E-state index is 13.7. The maximum Gasteiger partial charge on any atom is 0.309 e. The molecule has 48 heavy (non-hydrogen) atoms. The maximum absolute atomic E-state index is 13.7. The third-order valence-electron chi connectivity index (χ3n) is 8.44. The van der Waals surface area contributed by atoms with E-state index in [-0.39, 0.29) is 45.1 Å². The third-order valence-corrected chi connectivity index (χ3v) is 8.44. The number of allylic oxidation sites excluding steroid dienone is 2. The number of aliphatic hydroxyl groups excluding tert-OH is 1. The van der Waals surface area contributed by atoms with Crippen molar-refractivity contribution < 1.29 is 29.0 Å². The highest BCUT2D eigenvalue weighted by atomic mass is 16.5. The number of esters is 1. The van der Waals surface area contributed by atoms with E-state index in [0.29, 0.717) is 18.5 Å². The van der Waals surface area contributed by atoms with Crippen molar-refractivity contribution in [1.29, 1.82) is 0 Å². The van der Waals surface area contributed by atoms with Crippen molar-refractivity contribution >= 4 is 40.2 Å². The number of aliphatic hydroxyl groups is 1. The van der Waals surface area contributed by atoms with Crippen LogP contribution in [0.4, 0.5) is 5.69 Å². The molecular weight excluding hydrogens is 606 g/mol. The number of carbonyl (C=O) groups excluding carboxylic acids is 4. The van der Waals surface area contributed by atoms with Crippen LogP contribution >= 0.6 is 0 Å². The van der Waals surface area contributed by atoms with Gasteiger partial charge in [-0.15, -0.1) is 0 Å². The number of rotatable bonds is 10. The van der Waals surface area contributed by atoms with Crippen LogP contribution in [0.2, 0.25) is 0 Å². The lowest BCUT2D eigenvalue weighted by molar-refractivity contribution is -0.150. The Morgan fingerprint density at radius 1 is 0.812 bits per heavy atom. The zero-order chi connectivity index (χ0) is 33.7. The minimum Gasteiger partial charge on any atom is -0.463 e. The first-order chi connectivity index (χ1) is 23.4. The van der Waals surface area contributed by atoms with Crippen molar-refractivity contribution in [1.82, 2.24) is 10.2 Å². The molecule has 0 spiro atoms. The van der Waals surface area contributed by atoms with Crippen LogP contribution in [-0.4, -0.2) is 59.5 Å². The van der Waals surface area contributed by atoms with E-state index in [0.717, 1.165) is 21.9 Å². The number of nitrogens with zero attached hydrogens (tertiary/aromatic N) is 1. The number of hydrogen-bond donors (Lipinski definition) is 3. The summed E-state index contributed by atoms with van der Waals surface area (Å²) in [5.41, 5.74) is 2.41. The van der Waals surface area contributed by atoms with E-state index in [1.807, 2.05) is 109 Å². The van der Waals surface area contributed by atoms with E-state index in [4.69, 9.17) is 4.74 Å². The first kappa shape index (κ1) is 34.1. The van der Waals surface area contributed by atoms with Gasteiger partial charge in [-0.3, -0.25) is 19.2 Å². The topological polar surface area (TPSA) is 125 Å². The second kappa shape index (κ2) is 17.0. The summed E-state index contributed by atoms with van der Waals surface area (Å²) in [6.07, 6.45) is 4.57. The smallest absolute Gasteiger partial charge is 0.309 e. The van der Waals surface area contributed by atoms with Crippen LogP contribution in [-0.2, 0) is 36.9 Å². The fraction of sp³-hybridized carbons (Fsp3) is 0.282. The molecule has 4 aromatic carbocycles. The molecule has 9 heteroatoms. The van der Waals surface area contributed by atoms with Crippen molar-refractivity contribution in [3.05, 3.63) is 126 Å². The zero-order valence-corrected chi connectivity index (χ0v) is 26.8. The van der Waals surface area contributed by atoms with Crippen LogP contribution < -0.4 is 10.6 Å². The molecule has 0 aromatic heterocycles. The predicted molar refractivity (Wildman–Crippen MR) is 185 cm³/mol. The molecule has 0 aliphatic carbocycles. The molecule has 4 aromatic rings. The molecular formula is C39H41N3O6. The molecule has 0 radical (unpaired) electrons. The van der Waals surface area contributed by atoms with E-state index in [1.165, 1.54) is 4.90 Å². The molecule has 3 atom stereocenters. The minimum atomic E-state index is -1.20. The molecule has 3 unspecified atom stereocenters. The number of hydrogen-bond acceptors (Lipinski definition) is 6. The van der Waals surface area contributed by atoms with Gasteiger partial charge in [0, 0.05) is 25.2 Å². The number of benzene rings is 4. The Kier molecular flexibility index (Phi) is 12.1. The fourth-order valence-corrected chi connectivity index (χ4v) is 5.77. The first-order valence-corrected chi connectivity index (χ1v) is 16.3. The van der Waals surface area contributed by atoms with Crippen LogP contribution in [0.15, 0.2) is 115 Å². The van der Waals surface area contributed by atoms with Gasteiger partial charge in [0.2, 0.25) is 11.8 Å². The first-order valence-electron chi connectivity index (χ1n) is 16.3. The largest absolute Gasteiger partial charge is 0.463 e. The van der Waals surface area contributed by atoms with Crippen LogP contribution in [0.5, 0.6) is 0 Å². The molecule has 3 N–H and O–H groups in total. The summed E-state index contributed by atoms with van der Waals surface area (Å²) in [5, 5.41) is 17.3. The lowest BCUT2D eigenvalue weighted by Crippen LogP contribution is -2.50. The number of ether oxygens (including phenoxy) is 1. The highest BCUT2D eigenvalue weighted by Crippen LogP contribution is 2.21. The Morgan fingerprint density at radius 3 is 2.17 bits per heavy atom. The second-order valence-electron chi connectivity index (χ2n) is 12.0. The van der Waals surface area contributed by atoms with Gasteiger partial charge < -0.3 is 25.4 Å². The van der Waals surface area contributed by atoms with Crippen LogP contribution in [0.1, 0.15) is 30.4 Å². The SMILES string of the molecule is O=C1NC(C(=O)Nc2ccc3ccccc3c2)COC(=O)C(Cc2ccccc2)CC=CCC1CC(=O)N(CCO)Cc1ccccc1. The summed E-state index contributed by atoms with van der Waals surface area (Å²) in [6, 6.07) is 31.1. The van der Waals surface area contributed by atoms with Gasteiger partial charge in [0.25, 0.3) is 5.91 Å². The van der Waals surface area contributed by atoms with E-state index >= 15 is 0 Å². The fourth-order valence-electron chi connectivity index (χ4n) is 5.77. The van der Waals surface area contributed by atoms with Crippen LogP contribution in [0.25, 0.3) is 10.8 Å². The lowest BCUT2D eigenvalue weighted by atomic mass is 9.94. The summed E-state index contributed by atoms with van der Waals surface area (Å²) >= 11 is 0. The van der Waals surface area contributed by atoms with Gasteiger partial charge >= 0.3 is 5.97 Å². The molecule has 3 amide bonds. The van der Waals surface area contributed by atoms with Crippen molar-refractivity contribution in [2.75, 3.05) is 25.1 Å². The molecule has 1 aliphatic heterocycles. The minimum absolute atomic E-state index is 0.117. The Labute approximate surface area is 280 Å². The molecule has 1 heterocycles. The molecule has 0 saturated carbocycles. The number of cyclic esters (lactones) is 1. The van der Waals surface area contributed by atoms with Crippen molar-refractivity contribution in [3.8, 4) is 0 Å². The van der Waals surface area contributed by atoms with Gasteiger partial charge in [-0.05, 0) is 53.3 Å². The molecule has 0 saturated heterocycles.